The molecule has 1 atom stereocenters. The highest BCUT2D eigenvalue weighted by Crippen LogP contribution is 2.35. The zero-order valence-corrected chi connectivity index (χ0v) is 11.5. The van der Waals surface area contributed by atoms with Crippen LogP contribution in [0.4, 0.5) is 13.2 Å². The van der Waals surface area contributed by atoms with E-state index in [9.17, 15) is 18.1 Å². The normalized spacial score (nSPS) is 13.2. The second-order valence-corrected chi connectivity index (χ2v) is 5.36. The number of hydrogen-bond donors (Lipinski definition) is 0. The molecular formula is C13H11F3N2OS. The summed E-state index contributed by atoms with van der Waals surface area (Å²) >= 11 is 1.27. The first-order chi connectivity index (χ1) is 9.32. The van der Waals surface area contributed by atoms with Gasteiger partial charge >= 0.3 is 6.18 Å². The van der Waals surface area contributed by atoms with Gasteiger partial charge in [0.25, 0.3) is 0 Å². The predicted molar refractivity (Wildman–Crippen MR) is 71.5 cm³/mol. The summed E-state index contributed by atoms with van der Waals surface area (Å²) in [6.07, 6.45) is -4.35. The Labute approximate surface area is 117 Å². The highest BCUT2D eigenvalue weighted by atomic mass is 32.1. The summed E-state index contributed by atoms with van der Waals surface area (Å²) in [4.78, 5) is 15.6. The lowest BCUT2D eigenvalue weighted by Crippen LogP contribution is -2.03. The third-order valence-corrected chi connectivity index (χ3v) is 4.21. The molecule has 1 unspecified atom stereocenters. The second kappa shape index (κ2) is 5.32. The maximum absolute atomic E-state index is 12.5. The topological polar surface area (TPSA) is 42.3 Å². The molecule has 0 radical (unpaired) electrons. The fourth-order valence-electron chi connectivity index (χ4n) is 1.77. The van der Waals surface area contributed by atoms with Crippen LogP contribution in [0.25, 0.3) is 10.6 Å². The Morgan fingerprint density at radius 2 is 1.85 bits per heavy atom. The Balaban J connectivity index is 2.35. The van der Waals surface area contributed by atoms with E-state index in [2.05, 4.69) is 10.2 Å². The third-order valence-electron chi connectivity index (χ3n) is 2.83. The van der Waals surface area contributed by atoms with Gasteiger partial charge in [-0.15, -0.1) is 11.3 Å². The molecule has 2 aromatic rings. The molecule has 1 aromatic carbocycles. The number of rotatable bonds is 3. The minimum absolute atomic E-state index is 0.504. The highest BCUT2D eigenvalue weighted by molar-refractivity contribution is 7.15. The van der Waals surface area contributed by atoms with Crippen LogP contribution < -0.4 is 0 Å². The van der Waals surface area contributed by atoms with E-state index in [4.69, 9.17) is 0 Å². The molecule has 0 N–H and O–H groups in total. The maximum Gasteiger partial charge on any atom is 0.416 e. The van der Waals surface area contributed by atoms with Crippen molar-refractivity contribution in [2.75, 3.05) is 0 Å². The smallest absolute Gasteiger partial charge is 0.241 e. The van der Waals surface area contributed by atoms with Gasteiger partial charge in [-0.25, -0.2) is 4.98 Å². The van der Waals surface area contributed by atoms with E-state index in [-0.39, 0.29) is 0 Å². The number of hydrogen-bond acceptors (Lipinski definition) is 4. The predicted octanol–water partition coefficient (Wildman–Crippen LogP) is 4.96. The van der Waals surface area contributed by atoms with E-state index in [0.29, 0.717) is 16.3 Å². The van der Waals surface area contributed by atoms with Crippen molar-refractivity contribution in [1.82, 2.24) is 4.98 Å². The minimum atomic E-state index is -4.35. The van der Waals surface area contributed by atoms with E-state index in [1.807, 2.05) is 0 Å². The number of nitroso groups, excluding NO2 is 1. The summed E-state index contributed by atoms with van der Waals surface area (Å²) in [6, 6.07) is 4.30. The van der Waals surface area contributed by atoms with Gasteiger partial charge in [0.05, 0.1) is 16.1 Å². The second-order valence-electron chi connectivity index (χ2n) is 4.33. The molecule has 0 bridgehead atoms. The Bertz CT molecular complexity index is 620. The van der Waals surface area contributed by atoms with Crippen LogP contribution in [0.2, 0.25) is 0 Å². The van der Waals surface area contributed by atoms with Gasteiger partial charge in [-0.2, -0.15) is 18.1 Å². The SMILES string of the molecule is Cc1nc(-c2ccc(C(F)(F)F)cc2)sc1C(C)N=O. The van der Waals surface area contributed by atoms with Gasteiger partial charge < -0.3 is 0 Å². The highest BCUT2D eigenvalue weighted by Gasteiger charge is 2.30. The zero-order valence-electron chi connectivity index (χ0n) is 10.7. The monoisotopic (exact) mass is 300 g/mol. The van der Waals surface area contributed by atoms with Crippen molar-refractivity contribution < 1.29 is 13.2 Å². The summed E-state index contributed by atoms with van der Waals surface area (Å²) in [5.74, 6) is 0. The maximum atomic E-state index is 12.5. The standard InChI is InChI=1S/C13H11F3N2OS/c1-7-11(8(2)18-19)20-12(17-7)9-3-5-10(6-4-9)13(14,15)16/h3-6,8H,1-2H3. The van der Waals surface area contributed by atoms with Gasteiger partial charge in [-0.1, -0.05) is 17.3 Å². The number of aryl methyl sites for hydroxylation is 1. The molecule has 0 fully saturated rings. The van der Waals surface area contributed by atoms with Gasteiger partial charge in [-0.05, 0) is 26.0 Å². The molecule has 0 saturated carbocycles. The molecule has 7 heteroatoms. The third kappa shape index (κ3) is 2.87. The minimum Gasteiger partial charge on any atom is -0.241 e. The Hall–Kier alpha value is -1.76. The quantitative estimate of drug-likeness (QED) is 0.751. The summed E-state index contributed by atoms with van der Waals surface area (Å²) in [5.41, 5.74) is 0.574. The van der Waals surface area contributed by atoms with E-state index >= 15 is 0 Å². The van der Waals surface area contributed by atoms with Gasteiger partial charge in [0.15, 0.2) is 0 Å². The van der Waals surface area contributed by atoms with Crippen LogP contribution >= 0.6 is 11.3 Å². The molecule has 1 aromatic heterocycles. The largest absolute Gasteiger partial charge is 0.416 e. The fraction of sp³-hybridized carbons (Fsp3) is 0.308. The van der Waals surface area contributed by atoms with Crippen molar-refractivity contribution in [2.45, 2.75) is 26.1 Å². The van der Waals surface area contributed by atoms with Crippen LogP contribution in [-0.4, -0.2) is 4.98 Å². The molecular weight excluding hydrogens is 289 g/mol. The number of alkyl halides is 3. The van der Waals surface area contributed by atoms with E-state index in [1.54, 1.807) is 13.8 Å². The first kappa shape index (κ1) is 14.6. The van der Waals surface area contributed by atoms with Gasteiger partial charge in [-0.3, -0.25) is 0 Å². The molecule has 0 spiro atoms. The Morgan fingerprint density at radius 1 is 1.25 bits per heavy atom. The lowest BCUT2D eigenvalue weighted by atomic mass is 10.1. The van der Waals surface area contributed by atoms with Crippen LogP contribution in [0.5, 0.6) is 0 Å². The number of nitrogens with zero attached hydrogens (tertiary/aromatic N) is 2. The molecule has 0 aliphatic heterocycles. The number of benzene rings is 1. The Morgan fingerprint density at radius 3 is 2.35 bits per heavy atom. The van der Waals surface area contributed by atoms with Gasteiger partial charge in [0.2, 0.25) is 0 Å². The van der Waals surface area contributed by atoms with Crippen molar-refractivity contribution in [2.24, 2.45) is 5.18 Å². The van der Waals surface area contributed by atoms with Crippen LogP contribution in [0.1, 0.15) is 29.1 Å². The molecule has 0 amide bonds. The molecule has 0 saturated heterocycles. The molecule has 2 rings (SSSR count). The lowest BCUT2D eigenvalue weighted by Gasteiger charge is -2.06. The van der Waals surface area contributed by atoms with Crippen LogP contribution in [0.15, 0.2) is 29.4 Å². The molecule has 0 aliphatic rings. The first-order valence-electron chi connectivity index (χ1n) is 5.80. The van der Waals surface area contributed by atoms with Crippen LogP contribution in [-0.2, 0) is 6.18 Å². The van der Waals surface area contributed by atoms with Crippen molar-refractivity contribution in [3.8, 4) is 10.6 Å². The van der Waals surface area contributed by atoms with E-state index in [1.165, 1.54) is 23.5 Å². The van der Waals surface area contributed by atoms with E-state index in [0.717, 1.165) is 17.0 Å². The van der Waals surface area contributed by atoms with Crippen LogP contribution in [0, 0.1) is 11.8 Å². The molecule has 20 heavy (non-hydrogen) atoms. The van der Waals surface area contributed by atoms with Crippen molar-refractivity contribution in [3.63, 3.8) is 0 Å². The average molecular weight is 300 g/mol. The molecule has 0 aliphatic carbocycles. The van der Waals surface area contributed by atoms with Crippen molar-refractivity contribution in [3.05, 3.63) is 45.3 Å². The summed E-state index contributed by atoms with van der Waals surface area (Å²) in [6.45, 7) is 3.41. The van der Waals surface area contributed by atoms with Crippen molar-refractivity contribution in [1.29, 1.82) is 0 Å². The zero-order chi connectivity index (χ0) is 14.9. The molecule has 106 valence electrons. The molecule has 3 nitrogen and oxygen atoms in total. The first-order valence-corrected chi connectivity index (χ1v) is 6.62. The van der Waals surface area contributed by atoms with E-state index < -0.39 is 17.8 Å². The summed E-state index contributed by atoms with van der Waals surface area (Å²) in [5, 5.41) is 3.53. The lowest BCUT2D eigenvalue weighted by molar-refractivity contribution is -0.137. The average Bonchev–Trinajstić information content (AvgIpc) is 2.79. The summed E-state index contributed by atoms with van der Waals surface area (Å²) < 4.78 is 37.4. The number of aromatic nitrogens is 1. The Kier molecular flexibility index (Phi) is 3.89. The van der Waals surface area contributed by atoms with Gasteiger partial charge in [0.1, 0.15) is 11.0 Å². The van der Waals surface area contributed by atoms with Gasteiger partial charge in [0, 0.05) is 5.56 Å². The number of halogens is 3. The summed E-state index contributed by atoms with van der Waals surface area (Å²) in [7, 11) is 0. The van der Waals surface area contributed by atoms with Crippen molar-refractivity contribution >= 4 is 11.3 Å². The van der Waals surface area contributed by atoms with Crippen LogP contribution in [0.3, 0.4) is 0 Å². The number of thiazole rings is 1. The molecule has 1 heterocycles. The fourth-order valence-corrected chi connectivity index (χ4v) is 2.82.